The van der Waals surface area contributed by atoms with Gasteiger partial charge in [0.1, 0.15) is 0 Å². The molecule has 26 heavy (non-hydrogen) atoms. The first-order valence-corrected chi connectivity index (χ1v) is 8.02. The fourth-order valence-electron chi connectivity index (χ4n) is 3.29. The van der Waals surface area contributed by atoms with Gasteiger partial charge in [-0.3, -0.25) is 0 Å². The maximum Gasteiger partial charge on any atom is 0.278 e. The van der Waals surface area contributed by atoms with Crippen LogP contribution in [0.15, 0.2) is 36.7 Å². The highest BCUT2D eigenvalue weighted by Gasteiger charge is 2.36. The average molecular weight is 366 g/mol. The summed E-state index contributed by atoms with van der Waals surface area (Å²) in [5.41, 5.74) is 0.0172. The topological polar surface area (TPSA) is 21.7 Å². The Kier molecular flexibility index (Phi) is 3.97. The molecule has 1 aromatic heterocycles. The Bertz CT molecular complexity index is 955. The van der Waals surface area contributed by atoms with E-state index >= 15 is 0 Å². The van der Waals surface area contributed by atoms with Gasteiger partial charge in [-0.1, -0.05) is 35.0 Å². The van der Waals surface area contributed by atoms with E-state index in [1.807, 2.05) is 30.3 Å². The van der Waals surface area contributed by atoms with Crippen molar-refractivity contribution in [2.24, 2.45) is 0 Å². The summed E-state index contributed by atoms with van der Waals surface area (Å²) in [7, 11) is 0. The van der Waals surface area contributed by atoms with Crippen molar-refractivity contribution >= 4 is 0 Å². The molecular weight excluding hydrogens is 353 g/mol. The molecule has 0 fully saturated rings. The van der Waals surface area contributed by atoms with Crippen LogP contribution in [-0.4, -0.2) is 9.78 Å². The van der Waals surface area contributed by atoms with Crippen LogP contribution in [0.5, 0.6) is 0 Å². The lowest BCUT2D eigenvalue weighted by Crippen LogP contribution is -2.37. The molecule has 0 aliphatic carbocycles. The molecule has 2 heterocycles. The van der Waals surface area contributed by atoms with Crippen molar-refractivity contribution in [1.82, 2.24) is 9.78 Å². The fraction of sp³-hybridized carbons (Fsp3) is 0.222. The van der Waals surface area contributed by atoms with E-state index < -0.39 is 34.8 Å². The zero-order valence-corrected chi connectivity index (χ0v) is 13.4. The van der Waals surface area contributed by atoms with E-state index in [9.17, 15) is 22.0 Å². The predicted molar refractivity (Wildman–Crippen MR) is 81.1 cm³/mol. The van der Waals surface area contributed by atoms with Crippen LogP contribution < -0.4 is 4.57 Å². The van der Waals surface area contributed by atoms with Crippen molar-refractivity contribution in [3.8, 4) is 5.69 Å². The number of fused-ring (bicyclic) bond motifs is 1. The second-order valence-electron chi connectivity index (χ2n) is 6.18. The molecule has 0 radical (unpaired) electrons. The molecule has 0 saturated heterocycles. The number of rotatable bonds is 3. The van der Waals surface area contributed by atoms with Crippen molar-refractivity contribution in [2.75, 3.05) is 0 Å². The summed E-state index contributed by atoms with van der Waals surface area (Å²) in [6.45, 7) is 0. The molecule has 0 amide bonds. The molecule has 8 heteroatoms. The van der Waals surface area contributed by atoms with Crippen LogP contribution >= 0.6 is 0 Å². The van der Waals surface area contributed by atoms with Crippen LogP contribution in [0.2, 0.25) is 0 Å². The zero-order valence-electron chi connectivity index (χ0n) is 13.4. The van der Waals surface area contributed by atoms with Gasteiger partial charge >= 0.3 is 0 Å². The summed E-state index contributed by atoms with van der Waals surface area (Å²) < 4.78 is 70.6. The van der Waals surface area contributed by atoms with Gasteiger partial charge in [0.05, 0.1) is 6.04 Å². The number of nitrogens with zero attached hydrogens (tertiary/aromatic N) is 3. The van der Waals surface area contributed by atoms with E-state index in [-0.39, 0.29) is 6.04 Å². The van der Waals surface area contributed by atoms with Gasteiger partial charge in [-0.05, 0) is 12.0 Å². The second-order valence-corrected chi connectivity index (χ2v) is 6.18. The van der Waals surface area contributed by atoms with Gasteiger partial charge in [-0.25, -0.2) is 17.7 Å². The van der Waals surface area contributed by atoms with Gasteiger partial charge in [-0.2, -0.15) is 8.78 Å². The Labute approximate surface area is 145 Å². The van der Waals surface area contributed by atoms with Gasteiger partial charge in [-0.15, -0.1) is 0 Å². The quantitative estimate of drug-likeness (QED) is 0.301. The highest BCUT2D eigenvalue weighted by molar-refractivity contribution is 5.36. The third kappa shape index (κ3) is 2.56. The lowest BCUT2D eigenvalue weighted by Gasteiger charge is -2.08. The Hall–Kier alpha value is -2.77. The van der Waals surface area contributed by atoms with Gasteiger partial charge in [0.25, 0.3) is 5.82 Å². The number of benzene rings is 2. The summed E-state index contributed by atoms with van der Waals surface area (Å²) in [4.78, 5) is 0. The van der Waals surface area contributed by atoms with Crippen molar-refractivity contribution in [3.63, 3.8) is 0 Å². The molecule has 1 aliphatic rings. The molecule has 0 unspecified atom stereocenters. The third-order valence-corrected chi connectivity index (χ3v) is 4.58. The van der Waals surface area contributed by atoms with Crippen molar-refractivity contribution in [2.45, 2.75) is 25.3 Å². The summed E-state index contributed by atoms with van der Waals surface area (Å²) in [6.07, 6.45) is 3.31. The van der Waals surface area contributed by atoms with Crippen molar-refractivity contribution in [3.05, 3.63) is 77.1 Å². The molecule has 2 aromatic carbocycles. The predicted octanol–water partition coefficient (Wildman–Crippen LogP) is 3.59. The maximum absolute atomic E-state index is 14.0. The maximum atomic E-state index is 14.0. The molecule has 0 saturated carbocycles. The highest BCUT2D eigenvalue weighted by Crippen LogP contribution is 2.27. The van der Waals surface area contributed by atoms with Crippen LogP contribution in [0.4, 0.5) is 22.0 Å². The lowest BCUT2D eigenvalue weighted by atomic mass is 10.0. The molecule has 4 rings (SSSR count). The fourth-order valence-corrected chi connectivity index (χ4v) is 3.29. The Morgan fingerprint density at radius 1 is 0.923 bits per heavy atom. The zero-order chi connectivity index (χ0) is 18.4. The van der Waals surface area contributed by atoms with Gasteiger partial charge in [0.2, 0.25) is 41.1 Å². The van der Waals surface area contributed by atoms with E-state index in [0.717, 1.165) is 16.7 Å². The SMILES string of the molecule is Fc1c(F)c(F)c(-n2c[n+]3c(n2)CC[C@@H]3Cc2ccccc2)c(F)c1F. The summed E-state index contributed by atoms with van der Waals surface area (Å²) in [5.74, 6) is -9.42. The molecule has 3 nitrogen and oxygen atoms in total. The first kappa shape index (κ1) is 16.7. The number of aryl methyl sites for hydroxylation is 1. The van der Waals surface area contributed by atoms with Gasteiger partial charge < -0.3 is 0 Å². The average Bonchev–Trinajstić information content (AvgIpc) is 3.21. The minimum Gasteiger partial charge on any atom is -0.231 e. The first-order chi connectivity index (χ1) is 12.5. The van der Waals surface area contributed by atoms with Crippen LogP contribution in [0.3, 0.4) is 0 Å². The number of aromatic nitrogens is 3. The minimum absolute atomic E-state index is 0.00224. The smallest absolute Gasteiger partial charge is 0.231 e. The largest absolute Gasteiger partial charge is 0.278 e. The number of hydrogen-bond donors (Lipinski definition) is 0. The normalized spacial score (nSPS) is 16.1. The third-order valence-electron chi connectivity index (χ3n) is 4.58. The second kappa shape index (κ2) is 6.19. The number of hydrogen-bond acceptors (Lipinski definition) is 1. The van der Waals surface area contributed by atoms with E-state index in [1.54, 1.807) is 4.57 Å². The van der Waals surface area contributed by atoms with E-state index in [1.165, 1.54) is 6.33 Å². The van der Waals surface area contributed by atoms with Gasteiger partial charge in [0.15, 0.2) is 0 Å². The summed E-state index contributed by atoms with van der Waals surface area (Å²) in [5, 5.41) is 4.03. The Morgan fingerprint density at radius 2 is 1.54 bits per heavy atom. The van der Waals surface area contributed by atoms with Crippen LogP contribution in [-0.2, 0) is 12.8 Å². The summed E-state index contributed by atoms with van der Waals surface area (Å²) >= 11 is 0. The minimum atomic E-state index is -2.18. The van der Waals surface area contributed by atoms with E-state index in [2.05, 4.69) is 5.10 Å². The molecular formula is C18H13F5N3+. The van der Waals surface area contributed by atoms with Crippen LogP contribution in [0.25, 0.3) is 5.69 Å². The summed E-state index contributed by atoms with van der Waals surface area (Å²) in [6, 6.07) is 9.66. The van der Waals surface area contributed by atoms with Gasteiger partial charge in [0, 0.05) is 17.9 Å². The molecule has 3 aromatic rings. The van der Waals surface area contributed by atoms with Crippen molar-refractivity contribution < 1.29 is 26.5 Å². The first-order valence-electron chi connectivity index (χ1n) is 8.02. The Balaban J connectivity index is 1.73. The van der Waals surface area contributed by atoms with Crippen LogP contribution in [0.1, 0.15) is 23.9 Å². The van der Waals surface area contributed by atoms with E-state index in [4.69, 9.17) is 0 Å². The molecule has 1 atom stereocenters. The molecule has 134 valence electrons. The lowest BCUT2D eigenvalue weighted by molar-refractivity contribution is -0.716. The molecule has 0 spiro atoms. The molecule has 0 N–H and O–H groups in total. The molecule has 0 bridgehead atoms. The number of halogens is 5. The monoisotopic (exact) mass is 366 g/mol. The van der Waals surface area contributed by atoms with Crippen molar-refractivity contribution in [1.29, 1.82) is 0 Å². The molecule has 1 aliphatic heterocycles. The van der Waals surface area contributed by atoms with Crippen LogP contribution in [0, 0.1) is 29.1 Å². The van der Waals surface area contributed by atoms with E-state index in [0.29, 0.717) is 18.7 Å². The highest BCUT2D eigenvalue weighted by atomic mass is 19.2. The Morgan fingerprint density at radius 3 is 2.19 bits per heavy atom. The standard InChI is InChI=1S/C18H13F5N3/c19-13-14(20)16(22)18(17(23)15(13)21)26-9-25-11(6-7-12(25)24-26)8-10-4-2-1-3-5-10/h1-5,9,11H,6-8H2/q+1/t11-/m1/s1.